The Morgan fingerprint density at radius 1 is 0.897 bits per heavy atom. The molecular formula is C24H26N2O3. The highest BCUT2D eigenvalue weighted by atomic mass is 16.2. The zero-order valence-electron chi connectivity index (χ0n) is 16.8. The van der Waals surface area contributed by atoms with Crippen molar-refractivity contribution in [2.45, 2.75) is 45.1 Å². The van der Waals surface area contributed by atoms with Crippen LogP contribution >= 0.6 is 0 Å². The molecule has 5 heteroatoms. The first-order valence-corrected chi connectivity index (χ1v) is 10.4. The van der Waals surface area contributed by atoms with Crippen molar-refractivity contribution >= 4 is 17.7 Å². The Kier molecular flexibility index (Phi) is 5.47. The summed E-state index contributed by atoms with van der Waals surface area (Å²) in [6, 6.07) is 13.9. The maximum atomic E-state index is 13.5. The van der Waals surface area contributed by atoms with Gasteiger partial charge in [-0.2, -0.15) is 0 Å². The molecule has 150 valence electrons. The molecule has 1 atom stereocenters. The summed E-state index contributed by atoms with van der Waals surface area (Å²) in [4.78, 5) is 42.8. The summed E-state index contributed by atoms with van der Waals surface area (Å²) in [5.41, 5.74) is 2.81. The van der Waals surface area contributed by atoms with Crippen molar-refractivity contribution < 1.29 is 14.4 Å². The van der Waals surface area contributed by atoms with E-state index in [0.717, 1.165) is 36.8 Å². The minimum Gasteiger partial charge on any atom is -0.341 e. The number of amides is 3. The lowest BCUT2D eigenvalue weighted by Gasteiger charge is -2.31. The van der Waals surface area contributed by atoms with Gasteiger partial charge in [0.1, 0.15) is 6.04 Å². The Labute approximate surface area is 171 Å². The first kappa shape index (κ1) is 19.4. The van der Waals surface area contributed by atoms with Crippen molar-refractivity contribution in [2.24, 2.45) is 0 Å². The van der Waals surface area contributed by atoms with E-state index < -0.39 is 6.04 Å². The van der Waals surface area contributed by atoms with E-state index in [1.165, 1.54) is 4.90 Å². The van der Waals surface area contributed by atoms with Crippen LogP contribution in [0.15, 0.2) is 48.5 Å². The number of rotatable bonds is 4. The van der Waals surface area contributed by atoms with Crippen LogP contribution in [0.2, 0.25) is 0 Å². The van der Waals surface area contributed by atoms with Gasteiger partial charge in [-0.25, -0.2) is 0 Å². The van der Waals surface area contributed by atoms with Crippen molar-refractivity contribution in [3.8, 4) is 0 Å². The minimum atomic E-state index is -0.817. The molecule has 5 nitrogen and oxygen atoms in total. The molecule has 0 aliphatic carbocycles. The van der Waals surface area contributed by atoms with Crippen molar-refractivity contribution in [1.29, 1.82) is 0 Å². The fourth-order valence-electron chi connectivity index (χ4n) is 4.34. The molecule has 0 saturated carbocycles. The van der Waals surface area contributed by atoms with Crippen LogP contribution in [0.3, 0.4) is 0 Å². The van der Waals surface area contributed by atoms with Gasteiger partial charge < -0.3 is 4.90 Å². The summed E-state index contributed by atoms with van der Waals surface area (Å²) < 4.78 is 0. The van der Waals surface area contributed by atoms with E-state index in [0.29, 0.717) is 30.6 Å². The molecule has 0 N–H and O–H groups in total. The first-order valence-electron chi connectivity index (χ1n) is 10.4. The summed E-state index contributed by atoms with van der Waals surface area (Å²) in [6.45, 7) is 3.37. The van der Waals surface area contributed by atoms with E-state index in [9.17, 15) is 14.4 Å². The number of aryl methyl sites for hydroxylation is 1. The molecule has 2 aliphatic rings. The van der Waals surface area contributed by atoms with E-state index >= 15 is 0 Å². The second kappa shape index (κ2) is 8.19. The fraction of sp³-hybridized carbons (Fsp3) is 0.375. The summed E-state index contributed by atoms with van der Waals surface area (Å²) in [6.07, 6.45) is 4.48. The monoisotopic (exact) mass is 390 g/mol. The van der Waals surface area contributed by atoms with Crippen LogP contribution in [0.1, 0.15) is 57.5 Å². The van der Waals surface area contributed by atoms with Crippen LogP contribution in [0, 0.1) is 6.92 Å². The summed E-state index contributed by atoms with van der Waals surface area (Å²) >= 11 is 0. The second-order valence-corrected chi connectivity index (χ2v) is 7.97. The number of imide groups is 1. The van der Waals surface area contributed by atoms with Crippen LogP contribution in [0.5, 0.6) is 0 Å². The largest absolute Gasteiger partial charge is 0.341 e. The molecular weight excluding hydrogens is 364 g/mol. The average Bonchev–Trinajstić information content (AvgIpc) is 2.90. The Balaban J connectivity index is 1.69. The topological polar surface area (TPSA) is 57.7 Å². The van der Waals surface area contributed by atoms with Crippen molar-refractivity contribution in [2.75, 3.05) is 13.1 Å². The third kappa shape index (κ3) is 3.82. The van der Waals surface area contributed by atoms with Gasteiger partial charge >= 0.3 is 0 Å². The Morgan fingerprint density at radius 2 is 1.52 bits per heavy atom. The van der Waals surface area contributed by atoms with Crippen molar-refractivity contribution in [3.63, 3.8) is 0 Å². The molecule has 0 radical (unpaired) electrons. The van der Waals surface area contributed by atoms with Gasteiger partial charge in [-0.1, -0.05) is 54.8 Å². The number of benzene rings is 2. The Bertz CT molecular complexity index is 910. The Hall–Kier alpha value is -2.95. The van der Waals surface area contributed by atoms with Crippen LogP contribution in [0.25, 0.3) is 0 Å². The number of hydrogen-bond acceptors (Lipinski definition) is 3. The highest BCUT2D eigenvalue weighted by Crippen LogP contribution is 2.27. The molecule has 2 heterocycles. The average molecular weight is 390 g/mol. The van der Waals surface area contributed by atoms with Crippen molar-refractivity contribution in [1.82, 2.24) is 9.80 Å². The molecule has 0 bridgehead atoms. The molecule has 4 rings (SSSR count). The Morgan fingerprint density at radius 3 is 2.10 bits per heavy atom. The molecule has 0 spiro atoms. The normalized spacial score (nSPS) is 17.8. The maximum Gasteiger partial charge on any atom is 0.262 e. The first-order chi connectivity index (χ1) is 14.1. The molecule has 0 aromatic heterocycles. The van der Waals surface area contributed by atoms with Gasteiger partial charge in [-0.05, 0) is 37.5 Å². The van der Waals surface area contributed by atoms with Crippen LogP contribution in [-0.4, -0.2) is 46.7 Å². The predicted octanol–water partition coefficient (Wildman–Crippen LogP) is 3.60. The number of carbonyl (C=O) groups excluding carboxylic acids is 3. The minimum absolute atomic E-state index is 0.122. The molecule has 1 saturated heterocycles. The lowest BCUT2D eigenvalue weighted by atomic mass is 10.0. The number of fused-ring (bicyclic) bond motifs is 1. The molecule has 29 heavy (non-hydrogen) atoms. The standard InChI is InChI=1S/C24H26N2O3/c1-17-9-8-10-18(15-17)16-21(24(29)25-13-6-2-3-7-14-25)26-22(27)19-11-4-5-12-20(19)23(26)28/h4-5,8-12,15,21H,2-3,6-7,13-14,16H2,1H3. The molecule has 1 fully saturated rings. The molecule has 2 aliphatic heterocycles. The third-order valence-corrected chi connectivity index (χ3v) is 5.85. The van der Waals surface area contributed by atoms with Crippen LogP contribution < -0.4 is 0 Å². The van der Waals surface area contributed by atoms with E-state index in [-0.39, 0.29) is 17.7 Å². The molecule has 2 aromatic rings. The SMILES string of the molecule is Cc1cccc(CC(C(=O)N2CCCCCC2)N2C(=O)c3ccccc3C2=O)c1. The van der Waals surface area contributed by atoms with Gasteiger partial charge in [-0.15, -0.1) is 0 Å². The molecule has 3 amide bonds. The zero-order valence-corrected chi connectivity index (χ0v) is 16.8. The fourth-order valence-corrected chi connectivity index (χ4v) is 4.34. The summed E-state index contributed by atoms with van der Waals surface area (Å²) in [7, 11) is 0. The smallest absolute Gasteiger partial charge is 0.262 e. The lowest BCUT2D eigenvalue weighted by Crippen LogP contribution is -2.52. The van der Waals surface area contributed by atoms with Gasteiger partial charge in [0.25, 0.3) is 11.8 Å². The third-order valence-electron chi connectivity index (χ3n) is 5.85. The number of hydrogen-bond donors (Lipinski definition) is 0. The highest BCUT2D eigenvalue weighted by Gasteiger charge is 2.43. The van der Waals surface area contributed by atoms with Gasteiger partial charge in [0, 0.05) is 19.5 Å². The summed E-state index contributed by atoms with van der Waals surface area (Å²) in [5, 5.41) is 0. The van der Waals surface area contributed by atoms with E-state index in [1.54, 1.807) is 24.3 Å². The van der Waals surface area contributed by atoms with E-state index in [2.05, 4.69) is 0 Å². The van der Waals surface area contributed by atoms with Crippen molar-refractivity contribution in [3.05, 3.63) is 70.8 Å². The molecule has 1 unspecified atom stereocenters. The van der Waals surface area contributed by atoms with Gasteiger partial charge in [0.15, 0.2) is 0 Å². The van der Waals surface area contributed by atoms with Gasteiger partial charge in [-0.3, -0.25) is 19.3 Å². The second-order valence-electron chi connectivity index (χ2n) is 7.97. The van der Waals surface area contributed by atoms with Gasteiger partial charge in [0.05, 0.1) is 11.1 Å². The number of carbonyl (C=O) groups is 3. The highest BCUT2D eigenvalue weighted by molar-refractivity contribution is 6.22. The van der Waals surface area contributed by atoms with Gasteiger partial charge in [0.2, 0.25) is 5.91 Å². The van der Waals surface area contributed by atoms with Crippen LogP contribution in [0.4, 0.5) is 0 Å². The maximum absolute atomic E-state index is 13.5. The summed E-state index contributed by atoms with van der Waals surface area (Å²) in [5.74, 6) is -0.860. The lowest BCUT2D eigenvalue weighted by molar-refractivity contribution is -0.135. The van der Waals surface area contributed by atoms with E-state index in [1.807, 2.05) is 36.1 Å². The quantitative estimate of drug-likeness (QED) is 0.750. The van der Waals surface area contributed by atoms with E-state index in [4.69, 9.17) is 0 Å². The zero-order chi connectivity index (χ0) is 20.4. The number of likely N-dealkylation sites (tertiary alicyclic amines) is 1. The molecule has 2 aromatic carbocycles. The predicted molar refractivity (Wildman–Crippen MR) is 111 cm³/mol. The number of nitrogens with zero attached hydrogens (tertiary/aromatic N) is 2. The van der Waals surface area contributed by atoms with Crippen LogP contribution in [-0.2, 0) is 11.2 Å².